The quantitative estimate of drug-likeness (QED) is 0.910. The van der Waals surface area contributed by atoms with Crippen LogP contribution in [0.1, 0.15) is 17.4 Å². The maximum atomic E-state index is 12.7. The highest BCUT2D eigenvalue weighted by Crippen LogP contribution is 2.27. The fourth-order valence-corrected chi connectivity index (χ4v) is 2.92. The summed E-state index contributed by atoms with van der Waals surface area (Å²) >= 11 is 0. The number of carbonyl (C=O) groups is 2. The lowest BCUT2D eigenvalue weighted by Crippen LogP contribution is -2.50. The molecule has 1 saturated heterocycles. The molecule has 0 radical (unpaired) electrons. The molecule has 2 aromatic rings. The van der Waals surface area contributed by atoms with Crippen LogP contribution in [-0.4, -0.2) is 59.9 Å². The fourth-order valence-electron chi connectivity index (χ4n) is 2.92. The molecule has 0 aliphatic carbocycles. The van der Waals surface area contributed by atoms with E-state index in [4.69, 9.17) is 4.74 Å². The standard InChI is InChI=1S/C19H22N4O3/c1-14(24)22-9-11-23(12-10-22)19(25)17-13-15(7-8-20-17)21-16-5-3-4-6-18(16)26-2/h3-8,13H,9-12H2,1-2H3,(H,20,21). The van der Waals surface area contributed by atoms with E-state index >= 15 is 0 Å². The smallest absolute Gasteiger partial charge is 0.272 e. The van der Waals surface area contributed by atoms with Gasteiger partial charge in [0.2, 0.25) is 5.91 Å². The van der Waals surface area contributed by atoms with Gasteiger partial charge in [-0.3, -0.25) is 14.6 Å². The number of para-hydroxylation sites is 2. The molecule has 1 aliphatic rings. The zero-order valence-electron chi connectivity index (χ0n) is 14.9. The van der Waals surface area contributed by atoms with Gasteiger partial charge in [-0.05, 0) is 24.3 Å². The van der Waals surface area contributed by atoms with E-state index in [0.29, 0.717) is 31.9 Å². The number of hydrogen-bond acceptors (Lipinski definition) is 5. The highest BCUT2D eigenvalue weighted by Gasteiger charge is 2.24. The largest absolute Gasteiger partial charge is 0.495 e. The topological polar surface area (TPSA) is 74.8 Å². The second-order valence-corrected chi connectivity index (χ2v) is 6.05. The number of rotatable bonds is 4. The third-order valence-electron chi connectivity index (χ3n) is 4.38. The zero-order valence-corrected chi connectivity index (χ0v) is 14.9. The Bertz CT molecular complexity index is 801. The van der Waals surface area contributed by atoms with Crippen LogP contribution in [0.2, 0.25) is 0 Å². The van der Waals surface area contributed by atoms with Crippen LogP contribution in [-0.2, 0) is 4.79 Å². The summed E-state index contributed by atoms with van der Waals surface area (Å²) in [5.74, 6) is 0.632. The minimum atomic E-state index is -0.128. The highest BCUT2D eigenvalue weighted by atomic mass is 16.5. The van der Waals surface area contributed by atoms with Gasteiger partial charge in [-0.2, -0.15) is 0 Å². The van der Waals surface area contributed by atoms with Crippen molar-refractivity contribution < 1.29 is 14.3 Å². The van der Waals surface area contributed by atoms with Gasteiger partial charge in [0.15, 0.2) is 0 Å². The minimum Gasteiger partial charge on any atom is -0.495 e. The van der Waals surface area contributed by atoms with Crippen molar-refractivity contribution in [3.8, 4) is 5.75 Å². The highest BCUT2D eigenvalue weighted by molar-refractivity contribution is 5.93. The van der Waals surface area contributed by atoms with E-state index in [-0.39, 0.29) is 11.8 Å². The van der Waals surface area contributed by atoms with Crippen molar-refractivity contribution in [3.05, 3.63) is 48.3 Å². The van der Waals surface area contributed by atoms with Gasteiger partial charge in [-0.25, -0.2) is 0 Å². The van der Waals surface area contributed by atoms with Crippen LogP contribution in [0.25, 0.3) is 0 Å². The average Bonchev–Trinajstić information content (AvgIpc) is 2.68. The van der Waals surface area contributed by atoms with E-state index in [1.54, 1.807) is 42.2 Å². The predicted octanol–water partition coefficient (Wildman–Crippen LogP) is 2.14. The molecule has 1 fully saturated rings. The third-order valence-corrected chi connectivity index (χ3v) is 4.38. The average molecular weight is 354 g/mol. The monoisotopic (exact) mass is 354 g/mol. The van der Waals surface area contributed by atoms with E-state index < -0.39 is 0 Å². The molecule has 0 spiro atoms. The van der Waals surface area contributed by atoms with Crippen molar-refractivity contribution in [3.63, 3.8) is 0 Å². The number of methoxy groups -OCH3 is 1. The second kappa shape index (κ2) is 7.86. The van der Waals surface area contributed by atoms with Gasteiger partial charge in [-0.1, -0.05) is 12.1 Å². The first-order chi connectivity index (χ1) is 12.6. The number of nitrogens with zero attached hydrogens (tertiary/aromatic N) is 3. The SMILES string of the molecule is COc1ccccc1Nc1ccnc(C(=O)N2CCN(C(C)=O)CC2)c1. The normalized spacial score (nSPS) is 14.1. The molecule has 1 aliphatic heterocycles. The van der Waals surface area contributed by atoms with Gasteiger partial charge in [0.1, 0.15) is 11.4 Å². The Hall–Kier alpha value is -3.09. The second-order valence-electron chi connectivity index (χ2n) is 6.05. The van der Waals surface area contributed by atoms with E-state index in [2.05, 4.69) is 10.3 Å². The Balaban J connectivity index is 1.71. The van der Waals surface area contributed by atoms with Gasteiger partial charge in [0.25, 0.3) is 5.91 Å². The van der Waals surface area contributed by atoms with E-state index in [1.165, 1.54) is 0 Å². The Morgan fingerprint density at radius 3 is 2.46 bits per heavy atom. The zero-order chi connectivity index (χ0) is 18.5. The molecule has 7 heteroatoms. The summed E-state index contributed by atoms with van der Waals surface area (Å²) in [6.07, 6.45) is 1.61. The lowest BCUT2D eigenvalue weighted by molar-refractivity contribution is -0.130. The van der Waals surface area contributed by atoms with E-state index in [9.17, 15) is 9.59 Å². The van der Waals surface area contributed by atoms with Gasteiger partial charge in [0, 0.05) is 45.0 Å². The summed E-state index contributed by atoms with van der Waals surface area (Å²) in [5.41, 5.74) is 1.95. The number of pyridine rings is 1. The van der Waals surface area contributed by atoms with E-state index in [0.717, 1.165) is 17.1 Å². The maximum absolute atomic E-state index is 12.7. The molecule has 7 nitrogen and oxygen atoms in total. The molecule has 0 unspecified atom stereocenters. The molecule has 2 amide bonds. The van der Waals surface area contributed by atoms with Crippen molar-refractivity contribution in [2.24, 2.45) is 0 Å². The number of piperazine rings is 1. The van der Waals surface area contributed by atoms with Gasteiger partial charge >= 0.3 is 0 Å². The first-order valence-corrected chi connectivity index (χ1v) is 8.49. The number of ether oxygens (including phenoxy) is 1. The van der Waals surface area contributed by atoms with Crippen LogP contribution < -0.4 is 10.1 Å². The molecule has 0 atom stereocenters. The molecular formula is C19H22N4O3. The first kappa shape index (κ1) is 17.7. The Morgan fingerprint density at radius 2 is 1.77 bits per heavy atom. The number of benzene rings is 1. The number of nitrogens with one attached hydrogen (secondary N) is 1. The Labute approximate surface area is 152 Å². The number of hydrogen-bond donors (Lipinski definition) is 1. The van der Waals surface area contributed by atoms with Crippen molar-refractivity contribution in [2.75, 3.05) is 38.6 Å². The van der Waals surface area contributed by atoms with Gasteiger partial charge in [0.05, 0.1) is 12.8 Å². The van der Waals surface area contributed by atoms with Crippen molar-refractivity contribution in [2.45, 2.75) is 6.92 Å². The lowest BCUT2D eigenvalue weighted by atomic mass is 10.2. The van der Waals surface area contributed by atoms with E-state index in [1.807, 2.05) is 24.3 Å². The molecule has 2 heterocycles. The summed E-state index contributed by atoms with van der Waals surface area (Å²) < 4.78 is 5.33. The number of carbonyl (C=O) groups excluding carboxylic acids is 2. The van der Waals surface area contributed by atoms with Gasteiger partial charge in [-0.15, -0.1) is 0 Å². The van der Waals surface area contributed by atoms with Crippen molar-refractivity contribution in [1.29, 1.82) is 0 Å². The predicted molar refractivity (Wildman–Crippen MR) is 98.7 cm³/mol. The van der Waals surface area contributed by atoms with Crippen LogP contribution >= 0.6 is 0 Å². The number of anilines is 2. The molecule has 1 aromatic heterocycles. The summed E-state index contributed by atoms with van der Waals surface area (Å²) in [6.45, 7) is 3.70. The van der Waals surface area contributed by atoms with Gasteiger partial charge < -0.3 is 19.9 Å². The molecule has 136 valence electrons. The maximum Gasteiger partial charge on any atom is 0.272 e. The van der Waals surface area contributed by atoms with Crippen LogP contribution in [0.4, 0.5) is 11.4 Å². The fraction of sp³-hybridized carbons (Fsp3) is 0.316. The molecular weight excluding hydrogens is 332 g/mol. The molecule has 1 aromatic carbocycles. The summed E-state index contributed by atoms with van der Waals surface area (Å²) in [5, 5.41) is 3.25. The van der Waals surface area contributed by atoms with Crippen molar-refractivity contribution >= 4 is 23.2 Å². The molecule has 3 rings (SSSR count). The van der Waals surface area contributed by atoms with Crippen LogP contribution in [0, 0.1) is 0 Å². The summed E-state index contributed by atoms with van der Waals surface area (Å²) in [4.78, 5) is 31.8. The summed E-state index contributed by atoms with van der Waals surface area (Å²) in [6, 6.07) is 11.1. The van der Waals surface area contributed by atoms with Crippen LogP contribution in [0.3, 0.4) is 0 Å². The Kier molecular flexibility index (Phi) is 5.36. The first-order valence-electron chi connectivity index (χ1n) is 8.49. The van der Waals surface area contributed by atoms with Crippen molar-refractivity contribution in [1.82, 2.24) is 14.8 Å². The van der Waals surface area contributed by atoms with Crippen LogP contribution in [0.15, 0.2) is 42.6 Å². The minimum absolute atomic E-state index is 0.0400. The van der Waals surface area contributed by atoms with Crippen LogP contribution in [0.5, 0.6) is 5.75 Å². The Morgan fingerprint density at radius 1 is 1.08 bits per heavy atom. The molecule has 0 saturated carbocycles. The molecule has 26 heavy (non-hydrogen) atoms. The third kappa shape index (κ3) is 3.93. The molecule has 1 N–H and O–H groups in total. The lowest BCUT2D eigenvalue weighted by Gasteiger charge is -2.34. The number of amides is 2. The number of aromatic nitrogens is 1. The molecule has 0 bridgehead atoms. The summed E-state index contributed by atoms with van der Waals surface area (Å²) in [7, 11) is 1.61.